The van der Waals surface area contributed by atoms with E-state index in [0.29, 0.717) is 26.4 Å². The van der Waals surface area contributed by atoms with Crippen LogP contribution in [-0.2, 0) is 54.9 Å². The molecule has 5 rings (SSSR count). The monoisotopic (exact) mass is 552 g/mol. The number of rotatable bonds is 14. The number of aldehydes is 1. The molecule has 0 aliphatic carbocycles. The van der Waals surface area contributed by atoms with Crippen molar-refractivity contribution in [3.8, 4) is 0 Å². The second-order valence-corrected chi connectivity index (χ2v) is 10.1. The lowest BCUT2D eigenvalue weighted by atomic mass is 9.94. The highest BCUT2D eigenvalue weighted by Crippen LogP contribution is 2.30. The molecule has 6 heteroatoms. The van der Waals surface area contributed by atoms with Crippen molar-refractivity contribution in [2.45, 2.75) is 56.9 Å². The van der Waals surface area contributed by atoms with Crippen molar-refractivity contribution in [1.29, 1.82) is 0 Å². The molecule has 0 amide bonds. The van der Waals surface area contributed by atoms with Gasteiger partial charge in [-0.25, -0.2) is 0 Å². The van der Waals surface area contributed by atoms with Crippen LogP contribution in [0.15, 0.2) is 121 Å². The minimum Gasteiger partial charge on any atom is -0.374 e. The van der Waals surface area contributed by atoms with Crippen molar-refractivity contribution < 1.29 is 28.5 Å². The van der Waals surface area contributed by atoms with Gasteiger partial charge in [-0.2, -0.15) is 0 Å². The molecule has 6 nitrogen and oxygen atoms in total. The van der Waals surface area contributed by atoms with Gasteiger partial charge in [0.25, 0.3) is 0 Å². The number of benzene rings is 4. The summed E-state index contributed by atoms with van der Waals surface area (Å²) < 4.78 is 31.9. The van der Waals surface area contributed by atoms with Crippen molar-refractivity contribution in [3.63, 3.8) is 0 Å². The first-order valence-corrected chi connectivity index (χ1v) is 14.0. The highest BCUT2D eigenvalue weighted by molar-refractivity contribution is 5.58. The van der Waals surface area contributed by atoms with Gasteiger partial charge in [-0.05, 0) is 22.3 Å². The summed E-state index contributed by atoms with van der Waals surface area (Å²) in [6.07, 6.45) is -2.41. The number of carbonyl (C=O) groups is 1. The summed E-state index contributed by atoms with van der Waals surface area (Å²) in [5.74, 6) is 0. The molecule has 1 aliphatic rings. The Hall–Kier alpha value is -3.65. The predicted octanol–water partition coefficient (Wildman–Crippen LogP) is 5.93. The third kappa shape index (κ3) is 8.43. The molecule has 1 aliphatic heterocycles. The first-order chi connectivity index (χ1) is 20.3. The molecule has 4 aromatic rings. The molecule has 0 unspecified atom stereocenters. The van der Waals surface area contributed by atoms with E-state index < -0.39 is 30.5 Å². The van der Waals surface area contributed by atoms with Gasteiger partial charge in [0.15, 0.2) is 6.29 Å². The van der Waals surface area contributed by atoms with Gasteiger partial charge in [0.2, 0.25) is 0 Å². The average Bonchev–Trinajstić information content (AvgIpc) is 3.04. The van der Waals surface area contributed by atoms with Crippen LogP contribution in [0, 0.1) is 0 Å². The Bertz CT molecular complexity index is 1290. The van der Waals surface area contributed by atoms with E-state index in [1.165, 1.54) is 0 Å². The molecule has 0 N–H and O–H groups in total. The molecule has 0 saturated carbocycles. The van der Waals surface area contributed by atoms with Gasteiger partial charge in [-0.15, -0.1) is 0 Å². The Morgan fingerprint density at radius 1 is 0.512 bits per heavy atom. The van der Waals surface area contributed by atoms with Crippen LogP contribution in [0.25, 0.3) is 0 Å². The molecule has 212 valence electrons. The minimum absolute atomic E-state index is 0.231. The largest absolute Gasteiger partial charge is 0.374 e. The zero-order valence-corrected chi connectivity index (χ0v) is 23.0. The van der Waals surface area contributed by atoms with Crippen LogP contribution in [0.1, 0.15) is 22.3 Å². The Kier molecular flexibility index (Phi) is 10.8. The normalized spacial score (nSPS) is 22.3. The molecule has 1 fully saturated rings. The highest BCUT2D eigenvalue weighted by atomic mass is 16.6. The zero-order chi connectivity index (χ0) is 28.1. The lowest BCUT2D eigenvalue weighted by Crippen LogP contribution is -2.61. The van der Waals surface area contributed by atoms with E-state index in [1.54, 1.807) is 0 Å². The molecule has 41 heavy (non-hydrogen) atoms. The maximum atomic E-state index is 12.4. The van der Waals surface area contributed by atoms with E-state index in [2.05, 4.69) is 0 Å². The molecule has 1 heterocycles. The summed E-state index contributed by atoms with van der Waals surface area (Å²) in [4.78, 5) is 12.4. The summed E-state index contributed by atoms with van der Waals surface area (Å²) >= 11 is 0. The second kappa shape index (κ2) is 15.4. The lowest BCUT2D eigenvalue weighted by molar-refractivity contribution is -0.264. The van der Waals surface area contributed by atoms with Crippen LogP contribution >= 0.6 is 0 Å². The quantitative estimate of drug-likeness (QED) is 0.181. The summed E-state index contributed by atoms with van der Waals surface area (Å²) in [7, 11) is 0. The molecular weight excluding hydrogens is 516 g/mol. The molecular formula is C35H36O6. The van der Waals surface area contributed by atoms with Gasteiger partial charge in [-0.1, -0.05) is 121 Å². The van der Waals surface area contributed by atoms with Crippen LogP contribution in [0.3, 0.4) is 0 Å². The van der Waals surface area contributed by atoms with Gasteiger partial charge in [-0.3, -0.25) is 0 Å². The van der Waals surface area contributed by atoms with E-state index >= 15 is 0 Å². The fourth-order valence-corrected chi connectivity index (χ4v) is 4.93. The van der Waals surface area contributed by atoms with Gasteiger partial charge < -0.3 is 28.5 Å². The fourth-order valence-electron chi connectivity index (χ4n) is 4.93. The SMILES string of the molecule is O=C[C@@H]1O[C@H](COCc2ccccc2)[C@H](OCc2ccccc2)[C@H](OCc2ccccc2)[C@H]1OCc1ccccc1. The third-order valence-electron chi connectivity index (χ3n) is 7.05. The summed E-state index contributed by atoms with van der Waals surface area (Å²) in [5, 5.41) is 0. The fraction of sp³-hybridized carbons (Fsp3) is 0.286. The summed E-state index contributed by atoms with van der Waals surface area (Å²) in [5.41, 5.74) is 4.09. The van der Waals surface area contributed by atoms with Crippen LogP contribution in [0.5, 0.6) is 0 Å². The Morgan fingerprint density at radius 3 is 1.34 bits per heavy atom. The average molecular weight is 553 g/mol. The molecule has 0 aromatic heterocycles. The lowest BCUT2D eigenvalue weighted by Gasteiger charge is -2.44. The van der Waals surface area contributed by atoms with Crippen molar-refractivity contribution >= 4 is 6.29 Å². The first-order valence-electron chi connectivity index (χ1n) is 14.0. The van der Waals surface area contributed by atoms with E-state index in [0.717, 1.165) is 28.5 Å². The van der Waals surface area contributed by atoms with Crippen LogP contribution in [0.4, 0.5) is 0 Å². The van der Waals surface area contributed by atoms with Crippen molar-refractivity contribution in [3.05, 3.63) is 144 Å². The third-order valence-corrected chi connectivity index (χ3v) is 7.05. The molecule has 0 radical (unpaired) electrons. The molecule has 0 spiro atoms. The van der Waals surface area contributed by atoms with Gasteiger partial charge in [0.1, 0.15) is 30.5 Å². The topological polar surface area (TPSA) is 63.2 Å². The number of hydrogen-bond donors (Lipinski definition) is 0. The molecule has 4 aromatic carbocycles. The highest BCUT2D eigenvalue weighted by Gasteiger charge is 2.48. The van der Waals surface area contributed by atoms with Gasteiger partial charge in [0, 0.05) is 0 Å². The Balaban J connectivity index is 1.39. The van der Waals surface area contributed by atoms with Crippen LogP contribution < -0.4 is 0 Å². The van der Waals surface area contributed by atoms with E-state index in [9.17, 15) is 4.79 Å². The van der Waals surface area contributed by atoms with Crippen molar-refractivity contribution in [2.24, 2.45) is 0 Å². The number of ether oxygens (including phenoxy) is 5. The molecule has 1 saturated heterocycles. The van der Waals surface area contributed by atoms with E-state index in [4.69, 9.17) is 23.7 Å². The van der Waals surface area contributed by atoms with E-state index in [1.807, 2.05) is 121 Å². The first kappa shape index (κ1) is 28.9. The maximum absolute atomic E-state index is 12.4. The zero-order valence-electron chi connectivity index (χ0n) is 23.0. The smallest absolute Gasteiger partial charge is 0.151 e. The number of carbonyl (C=O) groups excluding carboxylic acids is 1. The summed E-state index contributed by atoms with van der Waals surface area (Å²) in [6.45, 7) is 1.65. The number of hydrogen-bond acceptors (Lipinski definition) is 6. The minimum atomic E-state index is -0.846. The van der Waals surface area contributed by atoms with Crippen LogP contribution in [0.2, 0.25) is 0 Å². The molecule has 5 atom stereocenters. The molecule has 0 bridgehead atoms. The standard InChI is InChI=1S/C35H36O6/c36-21-31-33(38-23-28-15-7-2-8-16-28)35(40-25-30-19-11-4-12-20-30)34(39-24-29-17-9-3-10-18-29)32(41-31)26-37-22-27-13-5-1-6-14-27/h1-21,31-35H,22-26H2/t31-,32+,33-,34-,35+/m0/s1. The predicted molar refractivity (Wildman–Crippen MR) is 156 cm³/mol. The van der Waals surface area contributed by atoms with Crippen molar-refractivity contribution in [2.75, 3.05) is 6.61 Å². The van der Waals surface area contributed by atoms with Gasteiger partial charge in [0.05, 0.1) is 33.0 Å². The van der Waals surface area contributed by atoms with Crippen molar-refractivity contribution in [1.82, 2.24) is 0 Å². The Morgan fingerprint density at radius 2 is 0.902 bits per heavy atom. The van der Waals surface area contributed by atoms with Gasteiger partial charge >= 0.3 is 0 Å². The second-order valence-electron chi connectivity index (χ2n) is 10.1. The van der Waals surface area contributed by atoms with Crippen LogP contribution in [-0.4, -0.2) is 43.4 Å². The van der Waals surface area contributed by atoms with E-state index in [-0.39, 0.29) is 6.61 Å². The summed E-state index contributed by atoms with van der Waals surface area (Å²) in [6, 6.07) is 39.7. The Labute approximate surface area is 241 Å². The maximum Gasteiger partial charge on any atom is 0.151 e.